The van der Waals surface area contributed by atoms with E-state index in [-0.39, 0.29) is 6.42 Å². The molecule has 1 heterocycles. The summed E-state index contributed by atoms with van der Waals surface area (Å²) in [6, 6.07) is 0. The summed E-state index contributed by atoms with van der Waals surface area (Å²) < 4.78 is 27.1. The van der Waals surface area contributed by atoms with Crippen LogP contribution < -0.4 is 0 Å². The Morgan fingerprint density at radius 1 is 1.15 bits per heavy atom. The molecule has 0 aromatic heterocycles. The number of hydrogen-bond donors (Lipinski definition) is 4. The third-order valence-electron chi connectivity index (χ3n) is 3.74. The zero-order chi connectivity index (χ0) is 15.6. The van der Waals surface area contributed by atoms with Crippen molar-refractivity contribution in [3.8, 4) is 0 Å². The Morgan fingerprint density at radius 3 is 2.05 bits per heavy atom. The van der Waals surface area contributed by atoms with Crippen molar-refractivity contribution < 1.29 is 37.7 Å². The van der Waals surface area contributed by atoms with E-state index in [9.17, 15) is 9.13 Å². The summed E-state index contributed by atoms with van der Waals surface area (Å²) in [4.78, 5) is 35.6. The van der Waals surface area contributed by atoms with Gasteiger partial charge >= 0.3 is 15.4 Å². The van der Waals surface area contributed by atoms with Crippen molar-refractivity contribution in [3.63, 3.8) is 0 Å². The minimum atomic E-state index is -4.90. The van der Waals surface area contributed by atoms with E-state index < -0.39 is 21.3 Å². The van der Waals surface area contributed by atoms with Gasteiger partial charge < -0.3 is 24.1 Å². The Hall–Kier alpha value is 0.220. The Bertz CT molecular complexity index is 406. The molecule has 0 bridgehead atoms. The predicted molar refractivity (Wildman–Crippen MR) is 72.8 cm³/mol. The van der Waals surface area contributed by atoms with E-state index in [1.165, 1.54) is 0 Å². The van der Waals surface area contributed by atoms with E-state index in [0.29, 0.717) is 12.3 Å². The monoisotopic (exact) mass is 332 g/mol. The van der Waals surface area contributed by atoms with Gasteiger partial charge in [-0.05, 0) is 31.6 Å². The average molecular weight is 332 g/mol. The summed E-state index contributed by atoms with van der Waals surface area (Å²) >= 11 is 0. The standard InChI is InChI=1S/C10H23NO7P2/c1-11(2)7-5-9(6-8-11)3-4-10(19(12,13)14)18-20(15,16)17/h9-10H,3-8H2,1-2H3,(H3-,12,13,14,15,16,17)/p+1. The number of phosphoric ester groups is 1. The van der Waals surface area contributed by atoms with E-state index >= 15 is 0 Å². The van der Waals surface area contributed by atoms with Crippen molar-refractivity contribution in [2.75, 3.05) is 27.2 Å². The first-order valence-electron chi connectivity index (χ1n) is 6.50. The fourth-order valence-electron chi connectivity index (χ4n) is 2.43. The summed E-state index contributed by atoms with van der Waals surface area (Å²) in [6.07, 6.45) is 2.33. The van der Waals surface area contributed by atoms with Gasteiger partial charge in [-0.15, -0.1) is 0 Å². The molecule has 1 saturated heterocycles. The molecule has 0 spiro atoms. The Balaban J connectivity index is 2.52. The van der Waals surface area contributed by atoms with Crippen LogP contribution in [0.15, 0.2) is 0 Å². The molecule has 1 unspecified atom stereocenters. The Labute approximate surface area is 118 Å². The van der Waals surface area contributed by atoms with Crippen LogP contribution in [0.2, 0.25) is 0 Å². The highest BCUT2D eigenvalue weighted by Gasteiger charge is 2.36. The van der Waals surface area contributed by atoms with Crippen LogP contribution in [0, 0.1) is 5.92 Å². The number of nitrogens with zero attached hydrogens (tertiary/aromatic N) is 1. The van der Waals surface area contributed by atoms with Crippen LogP contribution in [0.5, 0.6) is 0 Å². The lowest BCUT2D eigenvalue weighted by Gasteiger charge is -2.37. The molecular weight excluding hydrogens is 308 g/mol. The molecule has 20 heavy (non-hydrogen) atoms. The number of piperidine rings is 1. The number of phosphoric acid groups is 1. The van der Waals surface area contributed by atoms with E-state index in [2.05, 4.69) is 18.6 Å². The highest BCUT2D eigenvalue weighted by atomic mass is 31.2. The van der Waals surface area contributed by atoms with Crippen LogP contribution in [-0.4, -0.2) is 57.1 Å². The van der Waals surface area contributed by atoms with Crippen molar-refractivity contribution in [1.29, 1.82) is 0 Å². The Morgan fingerprint density at radius 2 is 1.65 bits per heavy atom. The SMILES string of the molecule is C[N+]1(C)CCC(CCC(OP(=O)(O)O)P(=O)(O)O)CC1. The molecule has 1 aliphatic rings. The number of likely N-dealkylation sites (tertiary alicyclic amines) is 1. The molecule has 1 aliphatic heterocycles. The molecule has 0 aromatic carbocycles. The molecule has 1 fully saturated rings. The fourth-order valence-corrected chi connectivity index (χ4v) is 4.20. The van der Waals surface area contributed by atoms with Gasteiger partial charge in [0.2, 0.25) is 0 Å². The average Bonchev–Trinajstić information content (AvgIpc) is 2.22. The van der Waals surface area contributed by atoms with Crippen molar-refractivity contribution >= 4 is 15.4 Å². The van der Waals surface area contributed by atoms with Gasteiger partial charge in [0.25, 0.3) is 0 Å². The Kier molecular flexibility index (Phi) is 5.98. The molecule has 10 heteroatoms. The molecule has 4 N–H and O–H groups in total. The summed E-state index contributed by atoms with van der Waals surface area (Å²) in [5, 5.41) is 0. The van der Waals surface area contributed by atoms with Crippen molar-refractivity contribution in [2.24, 2.45) is 5.92 Å². The van der Waals surface area contributed by atoms with Gasteiger partial charge in [-0.3, -0.25) is 9.09 Å². The highest BCUT2D eigenvalue weighted by molar-refractivity contribution is 7.53. The third-order valence-corrected chi connectivity index (χ3v) is 5.55. The zero-order valence-electron chi connectivity index (χ0n) is 11.8. The molecule has 0 aromatic rings. The lowest BCUT2D eigenvalue weighted by atomic mass is 9.91. The minimum absolute atomic E-state index is 0.0481. The molecule has 8 nitrogen and oxygen atoms in total. The van der Waals surface area contributed by atoms with E-state index in [1.54, 1.807) is 0 Å². The summed E-state index contributed by atoms with van der Waals surface area (Å²) in [5.41, 5.74) is 0. The quantitative estimate of drug-likeness (QED) is 0.420. The maximum atomic E-state index is 11.2. The predicted octanol–water partition coefficient (Wildman–Crippen LogP) is 0.866. The highest BCUT2D eigenvalue weighted by Crippen LogP contribution is 2.52. The summed E-state index contributed by atoms with van der Waals surface area (Å²) in [5.74, 6) is -1.41. The summed E-state index contributed by atoms with van der Waals surface area (Å²) in [6.45, 7) is 1.98. The first-order chi connectivity index (χ1) is 8.89. The van der Waals surface area contributed by atoms with Gasteiger partial charge in [0.15, 0.2) is 5.85 Å². The van der Waals surface area contributed by atoms with Gasteiger partial charge in [0.05, 0.1) is 27.2 Å². The second-order valence-corrected chi connectivity index (χ2v) is 8.99. The second-order valence-electron chi connectivity index (χ2n) is 6.04. The maximum Gasteiger partial charge on any atom is 0.470 e. The fraction of sp³-hybridized carbons (Fsp3) is 1.00. The van der Waals surface area contributed by atoms with Crippen molar-refractivity contribution in [2.45, 2.75) is 31.5 Å². The van der Waals surface area contributed by atoms with E-state index in [1.807, 2.05) is 0 Å². The molecule has 120 valence electrons. The second kappa shape index (κ2) is 6.55. The molecule has 0 radical (unpaired) electrons. The van der Waals surface area contributed by atoms with Crippen molar-refractivity contribution in [1.82, 2.24) is 0 Å². The largest absolute Gasteiger partial charge is 0.470 e. The summed E-state index contributed by atoms with van der Waals surface area (Å²) in [7, 11) is -5.33. The zero-order valence-corrected chi connectivity index (χ0v) is 13.5. The third kappa shape index (κ3) is 6.78. The van der Waals surface area contributed by atoms with Gasteiger partial charge in [-0.25, -0.2) is 4.57 Å². The number of rotatable bonds is 6. The molecule has 1 atom stereocenters. The number of quaternary nitrogens is 1. The van der Waals surface area contributed by atoms with Gasteiger partial charge in [-0.2, -0.15) is 0 Å². The van der Waals surface area contributed by atoms with Crippen molar-refractivity contribution in [3.05, 3.63) is 0 Å². The number of hydrogen-bond acceptors (Lipinski definition) is 3. The van der Waals surface area contributed by atoms with Crippen LogP contribution in [-0.2, 0) is 13.7 Å². The van der Waals surface area contributed by atoms with Crippen LogP contribution >= 0.6 is 15.4 Å². The first-order valence-corrected chi connectivity index (χ1v) is 9.71. The lowest BCUT2D eigenvalue weighted by Crippen LogP contribution is -2.46. The molecule has 0 amide bonds. The molecule has 0 aliphatic carbocycles. The van der Waals surface area contributed by atoms with Crippen LogP contribution in [0.25, 0.3) is 0 Å². The van der Waals surface area contributed by atoms with Gasteiger partial charge in [-0.1, -0.05) is 0 Å². The van der Waals surface area contributed by atoms with Gasteiger partial charge in [0.1, 0.15) is 0 Å². The minimum Gasteiger partial charge on any atom is -0.328 e. The molecular formula is C10H24NO7P2+. The topological polar surface area (TPSA) is 124 Å². The smallest absolute Gasteiger partial charge is 0.328 e. The molecule has 0 saturated carbocycles. The van der Waals surface area contributed by atoms with Gasteiger partial charge in [0, 0.05) is 0 Å². The van der Waals surface area contributed by atoms with E-state index in [4.69, 9.17) is 19.6 Å². The van der Waals surface area contributed by atoms with Crippen LogP contribution in [0.3, 0.4) is 0 Å². The maximum absolute atomic E-state index is 11.2. The molecule has 1 rings (SSSR count). The van der Waals surface area contributed by atoms with Crippen LogP contribution in [0.1, 0.15) is 25.7 Å². The lowest BCUT2D eigenvalue weighted by molar-refractivity contribution is -0.896. The van der Waals surface area contributed by atoms with Crippen LogP contribution in [0.4, 0.5) is 0 Å². The normalized spacial score (nSPS) is 22.7. The first kappa shape index (κ1) is 18.3. The van der Waals surface area contributed by atoms with E-state index in [0.717, 1.165) is 30.4 Å².